The van der Waals surface area contributed by atoms with Gasteiger partial charge in [-0.3, -0.25) is 9.69 Å². The molecule has 0 bridgehead atoms. The number of amidine groups is 1. The lowest BCUT2D eigenvalue weighted by Crippen LogP contribution is -2.32. The number of hydrogen-bond donors (Lipinski definition) is 0. The highest BCUT2D eigenvalue weighted by molar-refractivity contribution is 8.18. The van der Waals surface area contributed by atoms with Crippen molar-refractivity contribution in [1.82, 2.24) is 4.90 Å². The fourth-order valence-electron chi connectivity index (χ4n) is 2.74. The lowest BCUT2D eigenvalue weighted by Gasteiger charge is -2.17. The van der Waals surface area contributed by atoms with Crippen molar-refractivity contribution in [2.24, 2.45) is 10.9 Å². The highest BCUT2D eigenvalue weighted by Crippen LogP contribution is 2.34. The number of nitrogens with zero attached hydrogens (tertiary/aromatic N) is 2. The van der Waals surface area contributed by atoms with Crippen molar-refractivity contribution in [3.05, 3.63) is 69.6 Å². The molecular formula is C22H23ClN2OS. The number of carbonyl (C=O) groups is 1. The molecule has 140 valence electrons. The molecule has 5 heteroatoms. The van der Waals surface area contributed by atoms with Gasteiger partial charge in [-0.2, -0.15) is 0 Å². The van der Waals surface area contributed by atoms with E-state index in [2.05, 4.69) is 50.0 Å². The molecule has 0 aliphatic carbocycles. The molecule has 0 N–H and O–H groups in total. The average Bonchev–Trinajstić information content (AvgIpc) is 2.92. The van der Waals surface area contributed by atoms with Crippen molar-refractivity contribution >= 4 is 46.2 Å². The molecule has 1 saturated heterocycles. The SMILES string of the molecule is CCc1ccc(/C=C2\SC(=Nc3ccc(Cl)cc3)N(CC(C)C)C2=O)cc1. The zero-order valence-electron chi connectivity index (χ0n) is 15.8. The van der Waals surface area contributed by atoms with Gasteiger partial charge in [0.05, 0.1) is 10.6 Å². The molecule has 0 aromatic heterocycles. The number of amides is 1. The van der Waals surface area contributed by atoms with Gasteiger partial charge in [-0.25, -0.2) is 4.99 Å². The molecule has 1 aliphatic rings. The maximum Gasteiger partial charge on any atom is 0.266 e. The van der Waals surface area contributed by atoms with Crippen LogP contribution < -0.4 is 0 Å². The molecule has 1 amide bonds. The van der Waals surface area contributed by atoms with Gasteiger partial charge in [-0.05, 0) is 65.6 Å². The van der Waals surface area contributed by atoms with Crippen molar-refractivity contribution in [2.75, 3.05) is 6.54 Å². The van der Waals surface area contributed by atoms with Crippen LogP contribution in [0.15, 0.2) is 58.4 Å². The third-order valence-electron chi connectivity index (χ3n) is 4.17. The monoisotopic (exact) mass is 398 g/mol. The van der Waals surface area contributed by atoms with Gasteiger partial charge >= 0.3 is 0 Å². The lowest BCUT2D eigenvalue weighted by atomic mass is 10.1. The van der Waals surface area contributed by atoms with E-state index in [1.54, 1.807) is 17.0 Å². The Hall–Kier alpha value is -2.04. The number of thioether (sulfide) groups is 1. The minimum atomic E-state index is 0.0148. The second-order valence-electron chi connectivity index (χ2n) is 6.89. The topological polar surface area (TPSA) is 32.7 Å². The molecule has 0 radical (unpaired) electrons. The van der Waals surface area contributed by atoms with Gasteiger partial charge in [-0.15, -0.1) is 0 Å². The smallest absolute Gasteiger partial charge is 0.266 e. The van der Waals surface area contributed by atoms with Gasteiger partial charge in [0.15, 0.2) is 5.17 Å². The number of rotatable bonds is 5. The van der Waals surface area contributed by atoms with Crippen LogP contribution in [-0.4, -0.2) is 22.5 Å². The van der Waals surface area contributed by atoms with Crippen LogP contribution in [-0.2, 0) is 11.2 Å². The Morgan fingerprint density at radius 2 is 1.78 bits per heavy atom. The van der Waals surface area contributed by atoms with Crippen molar-refractivity contribution in [2.45, 2.75) is 27.2 Å². The quantitative estimate of drug-likeness (QED) is 0.564. The average molecular weight is 399 g/mol. The summed E-state index contributed by atoms with van der Waals surface area (Å²) in [6, 6.07) is 15.7. The first-order valence-corrected chi connectivity index (χ1v) is 10.3. The first kappa shape index (κ1) is 19.7. The van der Waals surface area contributed by atoms with E-state index >= 15 is 0 Å². The van der Waals surface area contributed by atoms with Crippen LogP contribution in [0, 0.1) is 5.92 Å². The van der Waals surface area contributed by atoms with Gasteiger partial charge in [0.25, 0.3) is 5.91 Å². The largest absolute Gasteiger partial charge is 0.286 e. The predicted molar refractivity (Wildman–Crippen MR) is 116 cm³/mol. The predicted octanol–water partition coefficient (Wildman–Crippen LogP) is 6.16. The number of hydrogen-bond acceptors (Lipinski definition) is 3. The number of aryl methyl sites for hydroxylation is 1. The zero-order chi connectivity index (χ0) is 19.4. The minimum absolute atomic E-state index is 0.0148. The van der Waals surface area contributed by atoms with E-state index in [9.17, 15) is 4.79 Å². The van der Waals surface area contributed by atoms with Crippen molar-refractivity contribution in [1.29, 1.82) is 0 Å². The summed E-state index contributed by atoms with van der Waals surface area (Å²) in [5.41, 5.74) is 3.10. The third kappa shape index (κ3) is 5.02. The Balaban J connectivity index is 1.91. The summed E-state index contributed by atoms with van der Waals surface area (Å²) in [7, 11) is 0. The van der Waals surface area contributed by atoms with Crippen LogP contribution >= 0.6 is 23.4 Å². The van der Waals surface area contributed by atoms with Crippen LogP contribution in [0.25, 0.3) is 6.08 Å². The molecule has 27 heavy (non-hydrogen) atoms. The van der Waals surface area contributed by atoms with Crippen LogP contribution in [0.5, 0.6) is 0 Å². The number of halogens is 1. The number of benzene rings is 2. The van der Waals surface area contributed by atoms with Gasteiger partial charge < -0.3 is 0 Å². The van der Waals surface area contributed by atoms with Gasteiger partial charge in [-0.1, -0.05) is 56.6 Å². The summed E-state index contributed by atoms with van der Waals surface area (Å²) in [6.45, 7) is 6.98. The van der Waals surface area contributed by atoms with Crippen molar-refractivity contribution < 1.29 is 4.79 Å². The molecule has 2 aromatic rings. The minimum Gasteiger partial charge on any atom is -0.286 e. The first-order chi connectivity index (χ1) is 13.0. The highest BCUT2D eigenvalue weighted by Gasteiger charge is 2.33. The van der Waals surface area contributed by atoms with Crippen LogP contribution in [0.3, 0.4) is 0 Å². The van der Waals surface area contributed by atoms with E-state index in [0.717, 1.165) is 17.7 Å². The Kier molecular flexibility index (Phi) is 6.40. The second kappa shape index (κ2) is 8.77. The van der Waals surface area contributed by atoms with Crippen molar-refractivity contribution in [3.63, 3.8) is 0 Å². The van der Waals surface area contributed by atoms with Crippen LogP contribution in [0.2, 0.25) is 5.02 Å². The summed E-state index contributed by atoms with van der Waals surface area (Å²) in [4.78, 5) is 20.1. The maximum absolute atomic E-state index is 13.0. The van der Waals surface area contributed by atoms with E-state index in [0.29, 0.717) is 27.6 Å². The van der Waals surface area contributed by atoms with Crippen molar-refractivity contribution in [3.8, 4) is 0 Å². The summed E-state index contributed by atoms with van der Waals surface area (Å²) in [5.74, 6) is 0.370. The fourth-order valence-corrected chi connectivity index (χ4v) is 3.88. The van der Waals surface area contributed by atoms with E-state index in [4.69, 9.17) is 11.6 Å². The highest BCUT2D eigenvalue weighted by atomic mass is 35.5. The first-order valence-electron chi connectivity index (χ1n) is 9.11. The molecule has 3 rings (SSSR count). The Morgan fingerprint density at radius 1 is 1.11 bits per heavy atom. The molecule has 2 aromatic carbocycles. The molecule has 1 aliphatic heterocycles. The van der Waals surface area contributed by atoms with E-state index in [-0.39, 0.29) is 5.91 Å². The van der Waals surface area contributed by atoms with Crippen LogP contribution in [0.4, 0.5) is 5.69 Å². The van der Waals surface area contributed by atoms with E-state index < -0.39 is 0 Å². The standard InChI is InChI=1S/C22H23ClN2OS/c1-4-16-5-7-17(8-6-16)13-20-21(26)25(14-15(2)3)22(27-20)24-19-11-9-18(23)10-12-19/h5-13,15H,4,14H2,1-3H3/b20-13-,24-22?. The Labute approximate surface area is 170 Å². The molecule has 0 unspecified atom stereocenters. The summed E-state index contributed by atoms with van der Waals surface area (Å²) < 4.78 is 0. The third-order valence-corrected chi connectivity index (χ3v) is 5.43. The Morgan fingerprint density at radius 3 is 2.37 bits per heavy atom. The zero-order valence-corrected chi connectivity index (χ0v) is 17.3. The molecule has 1 heterocycles. The van der Waals surface area contributed by atoms with E-state index in [1.165, 1.54) is 17.3 Å². The summed E-state index contributed by atoms with van der Waals surface area (Å²) in [5, 5.41) is 1.39. The summed E-state index contributed by atoms with van der Waals surface area (Å²) >= 11 is 7.38. The molecule has 0 atom stereocenters. The molecule has 3 nitrogen and oxygen atoms in total. The Bertz CT molecular complexity index is 870. The number of carbonyl (C=O) groups excluding carboxylic acids is 1. The molecular weight excluding hydrogens is 376 g/mol. The van der Waals surface area contributed by atoms with Gasteiger partial charge in [0.1, 0.15) is 0 Å². The second-order valence-corrected chi connectivity index (χ2v) is 8.33. The fraction of sp³-hybridized carbons (Fsp3) is 0.273. The van der Waals surface area contributed by atoms with Gasteiger partial charge in [0.2, 0.25) is 0 Å². The lowest BCUT2D eigenvalue weighted by molar-refractivity contribution is -0.122. The van der Waals surface area contributed by atoms with Crippen LogP contribution in [0.1, 0.15) is 31.9 Å². The van der Waals surface area contributed by atoms with E-state index in [1.807, 2.05) is 18.2 Å². The maximum atomic E-state index is 13.0. The normalized spacial score (nSPS) is 17.5. The summed E-state index contributed by atoms with van der Waals surface area (Å²) in [6.07, 6.45) is 2.95. The molecule has 0 spiro atoms. The molecule has 1 fully saturated rings. The number of aliphatic imine (C=N–C) groups is 1. The molecule has 0 saturated carbocycles. The van der Waals surface area contributed by atoms with Gasteiger partial charge in [0, 0.05) is 11.6 Å².